The average Bonchev–Trinajstić information content (AvgIpc) is 3.08. The van der Waals surface area contributed by atoms with E-state index in [0.29, 0.717) is 11.2 Å². The Morgan fingerprint density at radius 2 is 2.12 bits per heavy atom. The lowest BCUT2D eigenvalue weighted by atomic mass is 9.98. The molecule has 0 aliphatic carbocycles. The fraction of sp³-hybridized carbons (Fsp3) is 0.333. The third-order valence-electron chi connectivity index (χ3n) is 4.74. The van der Waals surface area contributed by atoms with Gasteiger partial charge in [-0.1, -0.05) is 12.5 Å². The van der Waals surface area contributed by atoms with Crippen LogP contribution in [0, 0.1) is 0 Å². The molecule has 128 valence electrons. The molecular weight excluding hydrogens is 316 g/mol. The number of pyridine rings is 1. The van der Waals surface area contributed by atoms with Gasteiger partial charge in [-0.15, -0.1) is 0 Å². The highest BCUT2D eigenvalue weighted by Crippen LogP contribution is 2.32. The van der Waals surface area contributed by atoms with E-state index >= 15 is 0 Å². The molecule has 1 fully saturated rings. The quantitative estimate of drug-likeness (QED) is 0.786. The number of hydrogen-bond donors (Lipinski definition) is 1. The largest absolute Gasteiger partial charge is 0.365 e. The number of carbonyl (C=O) groups excluding carboxylic acids is 1. The Hall–Kier alpha value is -2.80. The number of amides is 1. The Morgan fingerprint density at radius 1 is 1.20 bits per heavy atom. The molecule has 3 aromatic heterocycles. The van der Waals surface area contributed by atoms with Gasteiger partial charge in [-0.25, -0.2) is 9.50 Å². The maximum absolute atomic E-state index is 11.6. The number of fused-ring (bicyclic) bond motifs is 1. The minimum absolute atomic E-state index is 0.210. The van der Waals surface area contributed by atoms with Gasteiger partial charge in [0.15, 0.2) is 5.65 Å². The van der Waals surface area contributed by atoms with E-state index in [0.717, 1.165) is 37.3 Å². The number of piperidine rings is 1. The second-order valence-electron chi connectivity index (χ2n) is 6.33. The van der Waals surface area contributed by atoms with Gasteiger partial charge in [-0.05, 0) is 37.6 Å². The molecule has 2 N–H and O–H groups in total. The molecule has 7 nitrogen and oxygen atoms in total. The van der Waals surface area contributed by atoms with Crippen molar-refractivity contribution in [2.24, 2.45) is 5.73 Å². The van der Waals surface area contributed by atoms with Crippen molar-refractivity contribution in [1.82, 2.24) is 24.5 Å². The van der Waals surface area contributed by atoms with Crippen molar-refractivity contribution in [3.05, 3.63) is 59.8 Å². The molecule has 0 saturated carbocycles. The van der Waals surface area contributed by atoms with Crippen molar-refractivity contribution in [1.29, 1.82) is 0 Å². The Kier molecular flexibility index (Phi) is 4.15. The summed E-state index contributed by atoms with van der Waals surface area (Å²) in [6.45, 7) is 1.80. The second kappa shape index (κ2) is 6.60. The van der Waals surface area contributed by atoms with Crippen LogP contribution in [0.15, 0.2) is 42.9 Å². The maximum Gasteiger partial charge on any atom is 0.254 e. The summed E-state index contributed by atoms with van der Waals surface area (Å²) in [5.74, 6) is -0.506. The third kappa shape index (κ3) is 2.98. The molecule has 1 amide bonds. The van der Waals surface area contributed by atoms with Crippen molar-refractivity contribution in [3.8, 4) is 0 Å². The molecule has 25 heavy (non-hydrogen) atoms. The van der Waals surface area contributed by atoms with Crippen LogP contribution >= 0.6 is 0 Å². The number of aromatic nitrogens is 4. The van der Waals surface area contributed by atoms with E-state index in [1.165, 1.54) is 12.6 Å². The molecule has 0 aromatic carbocycles. The standard InChI is InChI=1S/C18H20N6O/c19-17(25)14-11-22-24-16(7-9-21-18(14)24)15-6-2-4-10-23(15)12-13-5-1-3-8-20-13/h1,3,5,7-9,11,15H,2,4,6,10,12H2,(H2,19,25)/t15-/m0/s1. The number of nitrogens with two attached hydrogens (primary N) is 1. The SMILES string of the molecule is NC(=O)c1cnn2c([C@@H]3CCCCN3Cc3ccccn3)ccnc12. The molecule has 1 atom stereocenters. The number of likely N-dealkylation sites (tertiary alicyclic amines) is 1. The monoisotopic (exact) mass is 336 g/mol. The topological polar surface area (TPSA) is 89.4 Å². The first-order valence-electron chi connectivity index (χ1n) is 8.50. The molecule has 0 unspecified atom stereocenters. The van der Waals surface area contributed by atoms with E-state index in [2.05, 4.69) is 20.0 Å². The third-order valence-corrected chi connectivity index (χ3v) is 4.74. The minimum Gasteiger partial charge on any atom is -0.365 e. The number of hydrogen-bond acceptors (Lipinski definition) is 5. The van der Waals surface area contributed by atoms with Gasteiger partial charge in [0.05, 0.1) is 23.6 Å². The zero-order valence-electron chi connectivity index (χ0n) is 13.9. The van der Waals surface area contributed by atoms with Gasteiger partial charge >= 0.3 is 0 Å². The first-order chi connectivity index (χ1) is 12.2. The van der Waals surface area contributed by atoms with Gasteiger partial charge in [0, 0.05) is 18.9 Å². The summed E-state index contributed by atoms with van der Waals surface area (Å²) in [6, 6.07) is 8.18. The van der Waals surface area contributed by atoms with Crippen LogP contribution in [0.3, 0.4) is 0 Å². The van der Waals surface area contributed by atoms with E-state index in [1.807, 2.05) is 30.5 Å². The average molecular weight is 336 g/mol. The molecule has 7 heteroatoms. The summed E-state index contributed by atoms with van der Waals surface area (Å²) in [6.07, 6.45) is 8.43. The molecule has 4 rings (SSSR count). The number of nitrogens with zero attached hydrogens (tertiary/aromatic N) is 5. The molecule has 1 aliphatic rings. The molecule has 0 radical (unpaired) electrons. The normalized spacial score (nSPS) is 18.5. The predicted octanol–water partition coefficient (Wildman–Crippen LogP) is 1.95. The van der Waals surface area contributed by atoms with Crippen molar-refractivity contribution < 1.29 is 4.79 Å². The van der Waals surface area contributed by atoms with Crippen LogP contribution in [0.2, 0.25) is 0 Å². The summed E-state index contributed by atoms with van der Waals surface area (Å²) in [7, 11) is 0. The predicted molar refractivity (Wildman–Crippen MR) is 92.7 cm³/mol. The molecule has 3 aromatic rings. The van der Waals surface area contributed by atoms with Crippen LogP contribution in [0.5, 0.6) is 0 Å². The van der Waals surface area contributed by atoms with Crippen molar-refractivity contribution >= 4 is 11.6 Å². The summed E-state index contributed by atoms with van der Waals surface area (Å²) < 4.78 is 1.75. The highest BCUT2D eigenvalue weighted by atomic mass is 16.1. The summed E-state index contributed by atoms with van der Waals surface area (Å²) in [4.78, 5) is 22.8. The number of primary amides is 1. The first kappa shape index (κ1) is 15.7. The van der Waals surface area contributed by atoms with Gasteiger partial charge in [-0.3, -0.25) is 14.7 Å². The molecule has 0 spiro atoms. The van der Waals surface area contributed by atoms with Crippen LogP contribution in [0.1, 0.15) is 47.1 Å². The van der Waals surface area contributed by atoms with Crippen molar-refractivity contribution in [2.45, 2.75) is 31.8 Å². The van der Waals surface area contributed by atoms with Crippen LogP contribution in [-0.4, -0.2) is 36.9 Å². The second-order valence-corrected chi connectivity index (χ2v) is 6.33. The van der Waals surface area contributed by atoms with Crippen molar-refractivity contribution in [2.75, 3.05) is 6.54 Å². The molecular formula is C18H20N6O. The fourth-order valence-electron chi connectivity index (χ4n) is 3.55. The van der Waals surface area contributed by atoms with Gasteiger partial charge in [0.1, 0.15) is 5.56 Å². The zero-order chi connectivity index (χ0) is 17.2. The lowest BCUT2D eigenvalue weighted by molar-refractivity contribution is 0.100. The zero-order valence-corrected chi connectivity index (χ0v) is 13.9. The van der Waals surface area contributed by atoms with Crippen molar-refractivity contribution in [3.63, 3.8) is 0 Å². The van der Waals surface area contributed by atoms with Gasteiger partial charge in [0.25, 0.3) is 5.91 Å². The summed E-state index contributed by atoms with van der Waals surface area (Å²) in [5, 5.41) is 4.37. The lowest BCUT2D eigenvalue weighted by Crippen LogP contribution is -2.34. The van der Waals surface area contributed by atoms with Gasteiger partial charge < -0.3 is 5.73 Å². The summed E-state index contributed by atoms with van der Waals surface area (Å²) in [5.41, 5.74) is 8.40. The first-order valence-corrected chi connectivity index (χ1v) is 8.50. The van der Waals surface area contributed by atoms with E-state index in [1.54, 1.807) is 10.7 Å². The van der Waals surface area contributed by atoms with E-state index in [-0.39, 0.29) is 6.04 Å². The Labute approximate surface area is 145 Å². The fourth-order valence-corrected chi connectivity index (χ4v) is 3.55. The smallest absolute Gasteiger partial charge is 0.254 e. The number of rotatable bonds is 4. The molecule has 1 saturated heterocycles. The number of carbonyl (C=O) groups is 1. The van der Waals surface area contributed by atoms with Crippen LogP contribution in [0.4, 0.5) is 0 Å². The molecule has 4 heterocycles. The lowest BCUT2D eigenvalue weighted by Gasteiger charge is -2.35. The maximum atomic E-state index is 11.6. The van der Waals surface area contributed by atoms with E-state index < -0.39 is 5.91 Å². The van der Waals surface area contributed by atoms with Gasteiger partial charge in [-0.2, -0.15) is 5.10 Å². The Bertz CT molecular complexity index is 891. The molecule has 0 bridgehead atoms. The molecule has 1 aliphatic heterocycles. The van der Waals surface area contributed by atoms with Crippen LogP contribution in [0.25, 0.3) is 5.65 Å². The van der Waals surface area contributed by atoms with Gasteiger partial charge in [0.2, 0.25) is 0 Å². The van der Waals surface area contributed by atoms with E-state index in [9.17, 15) is 4.79 Å². The Morgan fingerprint density at radius 3 is 2.92 bits per heavy atom. The highest BCUT2D eigenvalue weighted by molar-refractivity contribution is 5.98. The van der Waals surface area contributed by atoms with E-state index in [4.69, 9.17) is 5.73 Å². The highest BCUT2D eigenvalue weighted by Gasteiger charge is 2.27. The summed E-state index contributed by atoms with van der Waals surface area (Å²) >= 11 is 0. The minimum atomic E-state index is -0.506. The van der Waals surface area contributed by atoms with Crippen LogP contribution < -0.4 is 5.73 Å². The van der Waals surface area contributed by atoms with Crippen LogP contribution in [-0.2, 0) is 6.54 Å². The Balaban J connectivity index is 1.71.